The van der Waals surface area contributed by atoms with Gasteiger partial charge in [-0.2, -0.15) is 0 Å². The molecule has 1 atom stereocenters. The number of carbonyl (C=O) groups excluding carboxylic acids is 2. The Morgan fingerprint density at radius 3 is 2.40 bits per heavy atom. The van der Waals surface area contributed by atoms with E-state index in [4.69, 9.17) is 17.3 Å². The number of halogens is 2. The summed E-state index contributed by atoms with van der Waals surface area (Å²) in [5.41, 5.74) is 8.87. The van der Waals surface area contributed by atoms with Gasteiger partial charge in [0, 0.05) is 37.2 Å². The normalized spacial score (nSPS) is 17.3. The van der Waals surface area contributed by atoms with Gasteiger partial charge in [-0.1, -0.05) is 29.8 Å². The molecule has 2 amide bonds. The zero-order chi connectivity index (χ0) is 30.7. The van der Waals surface area contributed by atoms with Crippen LogP contribution in [-0.4, -0.2) is 58.6 Å². The van der Waals surface area contributed by atoms with E-state index in [1.54, 1.807) is 12.1 Å². The van der Waals surface area contributed by atoms with Crippen LogP contribution in [0.1, 0.15) is 40.4 Å². The van der Waals surface area contributed by atoms with Crippen LogP contribution in [0.25, 0.3) is 0 Å². The minimum Gasteiger partial charge on any atom is -0.478 e. The molecule has 0 aromatic heterocycles. The second-order valence-corrected chi connectivity index (χ2v) is 10.8. The van der Waals surface area contributed by atoms with Crippen molar-refractivity contribution in [2.75, 3.05) is 35.2 Å². The summed E-state index contributed by atoms with van der Waals surface area (Å²) in [5.74, 6) is -2.93. The quantitative estimate of drug-likeness (QED) is 0.252. The number of nitrogens with zero attached hydrogens (tertiary/aromatic N) is 2. The molecule has 224 valence electrons. The molecule has 3 aromatic carbocycles. The largest absolute Gasteiger partial charge is 0.478 e. The minimum absolute atomic E-state index is 0.0302. The molecule has 10 nitrogen and oxygen atoms in total. The first-order chi connectivity index (χ1) is 20.6. The fraction of sp³-hybridized carbons (Fsp3) is 0.258. The summed E-state index contributed by atoms with van der Waals surface area (Å²) in [6.45, 7) is 1.50. The molecular weight excluding hydrogens is 577 g/mol. The molecule has 5 rings (SSSR count). The third-order valence-electron chi connectivity index (χ3n) is 7.69. The van der Waals surface area contributed by atoms with Crippen molar-refractivity contribution in [3.63, 3.8) is 0 Å². The molecule has 12 heteroatoms. The SMILES string of the molecule is N/C(=C\Nc1cccc(Cl)c1F)C(=O)N1CCc2c(cccc2N2CCC(O)CC2)C1C(=O)Nc1ccc(C(=O)O)cc1. The van der Waals surface area contributed by atoms with E-state index in [1.807, 2.05) is 12.1 Å². The van der Waals surface area contributed by atoms with Gasteiger partial charge < -0.3 is 36.4 Å². The Hall–Kier alpha value is -4.61. The zero-order valence-corrected chi connectivity index (χ0v) is 23.9. The van der Waals surface area contributed by atoms with E-state index in [0.717, 1.165) is 11.3 Å². The van der Waals surface area contributed by atoms with Gasteiger partial charge in [-0.3, -0.25) is 9.59 Å². The number of aliphatic hydroxyl groups is 1. The molecule has 0 bridgehead atoms. The van der Waals surface area contributed by atoms with Gasteiger partial charge in [-0.05, 0) is 72.9 Å². The van der Waals surface area contributed by atoms with E-state index < -0.39 is 29.6 Å². The van der Waals surface area contributed by atoms with E-state index >= 15 is 0 Å². The zero-order valence-electron chi connectivity index (χ0n) is 23.1. The molecule has 2 aliphatic rings. The highest BCUT2D eigenvalue weighted by Crippen LogP contribution is 2.38. The van der Waals surface area contributed by atoms with Crippen LogP contribution in [-0.2, 0) is 16.0 Å². The Kier molecular flexibility index (Phi) is 8.84. The molecule has 0 saturated carbocycles. The molecule has 0 spiro atoms. The van der Waals surface area contributed by atoms with Crippen LogP contribution in [0.15, 0.2) is 72.6 Å². The average Bonchev–Trinajstić information content (AvgIpc) is 3.01. The van der Waals surface area contributed by atoms with Crippen molar-refractivity contribution in [3.05, 3.63) is 100 Å². The number of carbonyl (C=O) groups is 3. The van der Waals surface area contributed by atoms with E-state index in [-0.39, 0.29) is 34.6 Å². The second kappa shape index (κ2) is 12.7. The van der Waals surface area contributed by atoms with Crippen molar-refractivity contribution in [1.29, 1.82) is 0 Å². The van der Waals surface area contributed by atoms with Crippen LogP contribution in [0.2, 0.25) is 5.02 Å². The predicted octanol–water partition coefficient (Wildman–Crippen LogP) is 4.12. The Bertz CT molecular complexity index is 1570. The Labute approximate surface area is 252 Å². The van der Waals surface area contributed by atoms with Gasteiger partial charge in [0.1, 0.15) is 11.7 Å². The number of carboxylic acids is 1. The lowest BCUT2D eigenvalue weighted by Crippen LogP contribution is -2.47. The summed E-state index contributed by atoms with van der Waals surface area (Å²) < 4.78 is 14.4. The summed E-state index contributed by atoms with van der Waals surface area (Å²) in [6.07, 6.45) is 2.54. The van der Waals surface area contributed by atoms with Gasteiger partial charge in [0.15, 0.2) is 5.82 Å². The van der Waals surface area contributed by atoms with Crippen molar-refractivity contribution in [2.24, 2.45) is 5.73 Å². The van der Waals surface area contributed by atoms with Gasteiger partial charge in [0.25, 0.3) is 11.8 Å². The summed E-state index contributed by atoms with van der Waals surface area (Å²) in [7, 11) is 0. The van der Waals surface area contributed by atoms with Crippen LogP contribution in [0.4, 0.5) is 21.5 Å². The lowest BCUT2D eigenvalue weighted by atomic mass is 9.89. The van der Waals surface area contributed by atoms with Crippen molar-refractivity contribution in [1.82, 2.24) is 4.90 Å². The number of aromatic carboxylic acids is 1. The lowest BCUT2D eigenvalue weighted by molar-refractivity contribution is -0.136. The summed E-state index contributed by atoms with van der Waals surface area (Å²) in [6, 6.07) is 14.6. The smallest absolute Gasteiger partial charge is 0.335 e. The number of fused-ring (bicyclic) bond motifs is 1. The van der Waals surface area contributed by atoms with Crippen LogP contribution < -0.4 is 21.3 Å². The maximum atomic E-state index is 14.4. The molecule has 43 heavy (non-hydrogen) atoms. The summed E-state index contributed by atoms with van der Waals surface area (Å²) >= 11 is 5.85. The first-order valence-electron chi connectivity index (χ1n) is 13.8. The average molecular weight is 608 g/mol. The number of carboxylic acid groups (broad SMARTS) is 1. The van der Waals surface area contributed by atoms with E-state index in [9.17, 15) is 29.0 Å². The summed E-state index contributed by atoms with van der Waals surface area (Å²) in [4.78, 5) is 42.4. The fourth-order valence-corrected chi connectivity index (χ4v) is 5.63. The monoisotopic (exact) mass is 607 g/mol. The van der Waals surface area contributed by atoms with Gasteiger partial charge in [-0.25, -0.2) is 9.18 Å². The van der Waals surface area contributed by atoms with Gasteiger partial charge in [0.05, 0.1) is 22.4 Å². The van der Waals surface area contributed by atoms with Crippen molar-refractivity contribution in [3.8, 4) is 0 Å². The molecule has 0 radical (unpaired) electrons. The van der Waals surface area contributed by atoms with E-state index in [2.05, 4.69) is 15.5 Å². The molecule has 1 saturated heterocycles. The Morgan fingerprint density at radius 2 is 1.70 bits per heavy atom. The van der Waals surface area contributed by atoms with Gasteiger partial charge in [0.2, 0.25) is 0 Å². The number of benzene rings is 3. The number of nitrogens with one attached hydrogen (secondary N) is 2. The maximum absolute atomic E-state index is 14.4. The predicted molar refractivity (Wildman–Crippen MR) is 161 cm³/mol. The maximum Gasteiger partial charge on any atom is 0.335 e. The van der Waals surface area contributed by atoms with Crippen molar-refractivity contribution >= 4 is 46.4 Å². The molecule has 3 aromatic rings. The molecular formula is C31H31ClFN5O5. The molecule has 1 fully saturated rings. The van der Waals surface area contributed by atoms with Crippen molar-refractivity contribution in [2.45, 2.75) is 31.4 Å². The standard InChI is InChI=1S/C31H31ClFN5O5/c32-23-4-2-5-25(27(23)33)35-17-24(34)30(41)38-16-13-21-22(3-1-6-26(21)37-14-11-20(39)12-15-37)28(38)29(40)36-19-9-7-18(8-10-19)31(42)43/h1-10,17,20,28,35,39H,11-16,34H2,(H,36,40)(H,42,43)/b24-17-. The number of anilines is 3. The Morgan fingerprint density at radius 1 is 1.00 bits per heavy atom. The molecule has 2 aliphatic heterocycles. The highest BCUT2D eigenvalue weighted by Gasteiger charge is 2.38. The van der Waals surface area contributed by atoms with Gasteiger partial charge >= 0.3 is 5.97 Å². The van der Waals surface area contributed by atoms with Crippen LogP contribution in [0.3, 0.4) is 0 Å². The number of hydrogen-bond donors (Lipinski definition) is 5. The molecule has 2 heterocycles. The van der Waals surface area contributed by atoms with Crippen LogP contribution >= 0.6 is 11.6 Å². The van der Waals surface area contributed by atoms with E-state index in [1.165, 1.54) is 47.5 Å². The number of hydrogen-bond acceptors (Lipinski definition) is 7. The number of nitrogens with two attached hydrogens (primary N) is 1. The number of piperidine rings is 1. The number of amides is 2. The third-order valence-corrected chi connectivity index (χ3v) is 7.98. The van der Waals surface area contributed by atoms with Gasteiger partial charge in [-0.15, -0.1) is 0 Å². The number of rotatable bonds is 7. The lowest BCUT2D eigenvalue weighted by Gasteiger charge is -2.40. The second-order valence-electron chi connectivity index (χ2n) is 10.4. The first-order valence-corrected chi connectivity index (χ1v) is 14.2. The molecule has 6 N–H and O–H groups in total. The topological polar surface area (TPSA) is 148 Å². The van der Waals surface area contributed by atoms with Crippen LogP contribution in [0.5, 0.6) is 0 Å². The Balaban J connectivity index is 1.47. The highest BCUT2D eigenvalue weighted by molar-refractivity contribution is 6.31. The highest BCUT2D eigenvalue weighted by atomic mass is 35.5. The number of aliphatic hydroxyl groups excluding tert-OH is 1. The molecule has 1 unspecified atom stereocenters. The first kappa shape index (κ1) is 29.9. The van der Waals surface area contributed by atoms with Crippen LogP contribution in [0, 0.1) is 5.82 Å². The summed E-state index contributed by atoms with van der Waals surface area (Å²) in [5, 5.41) is 24.6. The third kappa shape index (κ3) is 6.42. The van der Waals surface area contributed by atoms with E-state index in [0.29, 0.717) is 43.6 Å². The fourth-order valence-electron chi connectivity index (χ4n) is 5.46. The van der Waals surface area contributed by atoms with Crippen molar-refractivity contribution < 1.29 is 29.0 Å². The molecule has 0 aliphatic carbocycles. The minimum atomic E-state index is -1.10.